The molecule has 0 atom stereocenters. The number of carbonyl (C=O) groups excluding carboxylic acids is 1. The molecular formula is C19H17F2N3O4. The number of nitro benzene ring substituents is 1. The summed E-state index contributed by atoms with van der Waals surface area (Å²) in [5.41, 5.74) is -0.107. The number of hydrogen-bond donors (Lipinski definition) is 0. The van der Waals surface area contributed by atoms with E-state index in [9.17, 15) is 23.7 Å². The van der Waals surface area contributed by atoms with Crippen LogP contribution in [0.4, 0.5) is 20.2 Å². The molecule has 1 heterocycles. The normalized spacial score (nSPS) is 14.3. The molecule has 0 unspecified atom stereocenters. The van der Waals surface area contributed by atoms with E-state index in [1.54, 1.807) is 12.1 Å². The van der Waals surface area contributed by atoms with Gasteiger partial charge in [0, 0.05) is 24.7 Å². The zero-order valence-corrected chi connectivity index (χ0v) is 14.8. The van der Waals surface area contributed by atoms with Crippen LogP contribution in [0.3, 0.4) is 0 Å². The quantitative estimate of drug-likeness (QED) is 0.333. The van der Waals surface area contributed by atoms with Crippen molar-refractivity contribution >= 4 is 23.6 Å². The van der Waals surface area contributed by atoms with Crippen molar-refractivity contribution in [3.05, 3.63) is 69.3 Å². The second-order valence-corrected chi connectivity index (χ2v) is 6.26. The molecule has 3 rings (SSSR count). The summed E-state index contributed by atoms with van der Waals surface area (Å²) in [5, 5.41) is 14.8. The van der Waals surface area contributed by atoms with Crippen LogP contribution >= 0.6 is 0 Å². The van der Waals surface area contributed by atoms with Gasteiger partial charge in [-0.25, -0.2) is 13.6 Å². The summed E-state index contributed by atoms with van der Waals surface area (Å²) in [6, 6.07) is 7.48. The Morgan fingerprint density at radius 3 is 2.46 bits per heavy atom. The van der Waals surface area contributed by atoms with E-state index in [0.717, 1.165) is 56.8 Å². The van der Waals surface area contributed by atoms with Gasteiger partial charge in [0.1, 0.15) is 22.9 Å². The first-order valence-corrected chi connectivity index (χ1v) is 8.69. The predicted octanol–water partition coefficient (Wildman–Crippen LogP) is 4.05. The van der Waals surface area contributed by atoms with E-state index in [1.807, 2.05) is 4.90 Å². The predicted molar refractivity (Wildman–Crippen MR) is 98.5 cm³/mol. The van der Waals surface area contributed by atoms with Gasteiger partial charge in [-0.1, -0.05) is 17.3 Å². The SMILES string of the molecule is O=C(O/N=C/c1ccc(N2CCCCC2)c([N+](=O)[O-])c1)c1c(F)cccc1F. The van der Waals surface area contributed by atoms with Crippen LogP contribution in [0.25, 0.3) is 0 Å². The topological polar surface area (TPSA) is 85.0 Å². The van der Waals surface area contributed by atoms with Crippen LogP contribution in [-0.4, -0.2) is 30.2 Å². The molecule has 1 aliphatic rings. The number of benzene rings is 2. The Hall–Kier alpha value is -3.36. The minimum absolute atomic E-state index is 0.0858. The number of nitro groups is 1. The Labute approximate surface area is 159 Å². The number of halogens is 2. The van der Waals surface area contributed by atoms with E-state index in [2.05, 4.69) is 9.99 Å². The van der Waals surface area contributed by atoms with Gasteiger partial charge in [-0.05, 0) is 37.5 Å². The summed E-state index contributed by atoms with van der Waals surface area (Å²) in [6.45, 7) is 1.50. The number of oxime groups is 1. The van der Waals surface area contributed by atoms with Crippen molar-refractivity contribution in [3.8, 4) is 0 Å². The first-order chi connectivity index (χ1) is 13.5. The maximum atomic E-state index is 13.5. The van der Waals surface area contributed by atoms with E-state index < -0.39 is 28.1 Å². The molecule has 1 fully saturated rings. The molecule has 0 spiro atoms. The Morgan fingerprint density at radius 1 is 1.14 bits per heavy atom. The molecule has 2 aromatic rings. The third-order valence-electron chi connectivity index (χ3n) is 4.40. The zero-order valence-electron chi connectivity index (χ0n) is 14.8. The summed E-state index contributed by atoms with van der Waals surface area (Å²) < 4.78 is 27.1. The molecule has 146 valence electrons. The molecule has 9 heteroatoms. The number of anilines is 1. The van der Waals surface area contributed by atoms with Crippen molar-refractivity contribution in [2.45, 2.75) is 19.3 Å². The second-order valence-electron chi connectivity index (χ2n) is 6.26. The fourth-order valence-corrected chi connectivity index (χ4v) is 3.04. The van der Waals surface area contributed by atoms with Gasteiger partial charge >= 0.3 is 5.97 Å². The van der Waals surface area contributed by atoms with E-state index in [1.165, 1.54) is 6.07 Å². The number of piperidine rings is 1. The number of carbonyl (C=O) groups is 1. The third kappa shape index (κ3) is 4.30. The first kappa shape index (κ1) is 19.4. The van der Waals surface area contributed by atoms with Gasteiger partial charge < -0.3 is 9.74 Å². The lowest BCUT2D eigenvalue weighted by molar-refractivity contribution is -0.384. The second kappa shape index (κ2) is 8.55. The summed E-state index contributed by atoms with van der Waals surface area (Å²) in [7, 11) is 0. The Balaban J connectivity index is 1.76. The van der Waals surface area contributed by atoms with Crippen LogP contribution in [0.5, 0.6) is 0 Å². The van der Waals surface area contributed by atoms with Gasteiger partial charge in [-0.2, -0.15) is 0 Å². The molecule has 0 radical (unpaired) electrons. The molecule has 7 nitrogen and oxygen atoms in total. The average molecular weight is 389 g/mol. The number of hydrogen-bond acceptors (Lipinski definition) is 6. The van der Waals surface area contributed by atoms with Crippen LogP contribution in [0, 0.1) is 21.7 Å². The van der Waals surface area contributed by atoms with Crippen molar-refractivity contribution in [2.24, 2.45) is 5.16 Å². The third-order valence-corrected chi connectivity index (χ3v) is 4.40. The van der Waals surface area contributed by atoms with Gasteiger partial charge in [0.2, 0.25) is 0 Å². The fraction of sp³-hybridized carbons (Fsp3) is 0.263. The average Bonchev–Trinajstić information content (AvgIpc) is 2.68. The van der Waals surface area contributed by atoms with Gasteiger partial charge in [0.25, 0.3) is 5.69 Å². The van der Waals surface area contributed by atoms with E-state index in [4.69, 9.17) is 0 Å². The monoisotopic (exact) mass is 389 g/mol. The molecule has 0 aliphatic carbocycles. The lowest BCUT2D eigenvalue weighted by Crippen LogP contribution is -2.29. The summed E-state index contributed by atoms with van der Waals surface area (Å²) in [6.07, 6.45) is 4.12. The van der Waals surface area contributed by atoms with Crippen molar-refractivity contribution in [2.75, 3.05) is 18.0 Å². The zero-order chi connectivity index (χ0) is 20.1. The van der Waals surface area contributed by atoms with Gasteiger partial charge in [-0.3, -0.25) is 10.1 Å². The smallest absolute Gasteiger partial charge is 0.366 e. The van der Waals surface area contributed by atoms with Crippen LogP contribution in [0.1, 0.15) is 35.2 Å². The minimum atomic E-state index is -1.30. The van der Waals surface area contributed by atoms with Crippen LogP contribution in [0.2, 0.25) is 0 Å². The van der Waals surface area contributed by atoms with E-state index in [-0.39, 0.29) is 5.69 Å². The minimum Gasteiger partial charge on any atom is -0.366 e. The molecule has 0 N–H and O–H groups in total. The molecule has 0 amide bonds. The van der Waals surface area contributed by atoms with Crippen molar-refractivity contribution in [1.29, 1.82) is 0 Å². The molecule has 1 aliphatic heterocycles. The first-order valence-electron chi connectivity index (χ1n) is 8.69. The summed E-state index contributed by atoms with van der Waals surface area (Å²) >= 11 is 0. The highest BCUT2D eigenvalue weighted by molar-refractivity contribution is 5.91. The van der Waals surface area contributed by atoms with Crippen LogP contribution < -0.4 is 4.90 Å². The highest BCUT2D eigenvalue weighted by Crippen LogP contribution is 2.31. The van der Waals surface area contributed by atoms with E-state index >= 15 is 0 Å². The molecule has 28 heavy (non-hydrogen) atoms. The molecule has 1 saturated heterocycles. The fourth-order valence-electron chi connectivity index (χ4n) is 3.04. The van der Waals surface area contributed by atoms with Crippen molar-refractivity contribution < 1.29 is 23.3 Å². The van der Waals surface area contributed by atoms with Crippen molar-refractivity contribution in [3.63, 3.8) is 0 Å². The van der Waals surface area contributed by atoms with E-state index in [0.29, 0.717) is 11.3 Å². The molecule has 2 aromatic carbocycles. The molecule has 0 aromatic heterocycles. The molecule has 0 bridgehead atoms. The van der Waals surface area contributed by atoms with Gasteiger partial charge in [0.05, 0.1) is 11.1 Å². The largest absolute Gasteiger partial charge is 0.371 e. The Morgan fingerprint density at radius 2 is 1.82 bits per heavy atom. The van der Waals surface area contributed by atoms with Crippen molar-refractivity contribution in [1.82, 2.24) is 0 Å². The molecule has 0 saturated carbocycles. The van der Waals surface area contributed by atoms with Crippen LogP contribution in [0.15, 0.2) is 41.6 Å². The maximum Gasteiger partial charge on any atom is 0.371 e. The van der Waals surface area contributed by atoms with Crippen LogP contribution in [-0.2, 0) is 4.84 Å². The molecular weight excluding hydrogens is 372 g/mol. The Kier molecular flexibility index (Phi) is 5.93. The van der Waals surface area contributed by atoms with Gasteiger partial charge in [-0.15, -0.1) is 0 Å². The number of rotatable bonds is 5. The summed E-state index contributed by atoms with van der Waals surface area (Å²) in [5.74, 6) is -3.44. The van der Waals surface area contributed by atoms with Gasteiger partial charge in [0.15, 0.2) is 0 Å². The summed E-state index contributed by atoms with van der Waals surface area (Å²) in [4.78, 5) is 29.2. The Bertz CT molecular complexity index is 907. The standard InChI is InChI=1S/C19H17F2N3O4/c20-14-5-4-6-15(21)18(14)19(25)28-22-12-13-7-8-16(17(11-13)24(26)27)23-9-2-1-3-10-23/h4-8,11-12H,1-3,9-10H2/b22-12+. The maximum absolute atomic E-state index is 13.5. The highest BCUT2D eigenvalue weighted by Gasteiger charge is 2.22. The lowest BCUT2D eigenvalue weighted by Gasteiger charge is -2.28. The number of nitrogens with zero attached hydrogens (tertiary/aromatic N) is 3. The highest BCUT2D eigenvalue weighted by atomic mass is 19.1. The lowest BCUT2D eigenvalue weighted by atomic mass is 10.1.